The van der Waals surface area contributed by atoms with E-state index >= 15 is 4.79 Å². The van der Waals surface area contributed by atoms with Crippen LogP contribution < -0.4 is 19.7 Å². The highest BCUT2D eigenvalue weighted by Crippen LogP contribution is 2.58. The lowest BCUT2D eigenvalue weighted by Gasteiger charge is -2.37. The SMILES string of the molecule is COc1ccc(OC)c(C(=O)[C@@H]2[C@H](C(=O)c3ccc(Br)cc3)N3c4ccccc4C=C[C@@H]3[C@@]23C(=O)Nc2ccccc23)c1. The number of halogens is 1. The van der Waals surface area contributed by atoms with Gasteiger partial charge >= 0.3 is 0 Å². The third-order valence-electron chi connectivity index (χ3n) is 8.89. The summed E-state index contributed by atoms with van der Waals surface area (Å²) < 4.78 is 12.0. The number of methoxy groups -OCH3 is 2. The van der Waals surface area contributed by atoms with Crippen molar-refractivity contribution in [2.75, 3.05) is 24.4 Å². The topological polar surface area (TPSA) is 84.9 Å². The van der Waals surface area contributed by atoms with Crippen LogP contribution in [0.15, 0.2) is 102 Å². The number of ether oxygens (including phenoxy) is 2. The lowest BCUT2D eigenvalue weighted by atomic mass is 9.64. The van der Waals surface area contributed by atoms with Crippen molar-refractivity contribution in [2.45, 2.75) is 17.5 Å². The standard InChI is InChI=1S/C35H27BrN2O5/c1-42-23-16-17-28(43-2)24(19-23)33(40)30-31(32(39)21-11-14-22(36)15-12-21)38-27-10-6-3-7-20(27)13-18-29(38)35(30)25-8-4-5-9-26(25)37-34(35)41/h3-19,29-31H,1-2H3,(H,37,41)/t29-,30+,31-,35-/m1/s1. The molecule has 0 saturated carbocycles. The molecule has 1 saturated heterocycles. The second-order valence-electron chi connectivity index (χ2n) is 10.9. The highest BCUT2D eigenvalue weighted by atomic mass is 79.9. The van der Waals surface area contributed by atoms with Crippen LogP contribution in [0.4, 0.5) is 11.4 Å². The summed E-state index contributed by atoms with van der Waals surface area (Å²) in [7, 11) is 3.02. The van der Waals surface area contributed by atoms with E-state index in [-0.39, 0.29) is 23.0 Å². The maximum Gasteiger partial charge on any atom is 0.238 e. The molecule has 0 aliphatic carbocycles. The first-order valence-corrected chi connectivity index (χ1v) is 14.7. The van der Waals surface area contributed by atoms with E-state index in [2.05, 4.69) is 21.2 Å². The fourth-order valence-corrected chi connectivity index (χ4v) is 7.34. The van der Waals surface area contributed by atoms with Crippen molar-refractivity contribution >= 4 is 50.9 Å². The van der Waals surface area contributed by atoms with Gasteiger partial charge in [0.05, 0.1) is 31.7 Å². The van der Waals surface area contributed by atoms with E-state index in [1.54, 1.807) is 42.5 Å². The molecule has 7 nitrogen and oxygen atoms in total. The highest BCUT2D eigenvalue weighted by molar-refractivity contribution is 9.10. The molecule has 0 radical (unpaired) electrons. The summed E-state index contributed by atoms with van der Waals surface area (Å²) in [5, 5.41) is 3.06. The summed E-state index contributed by atoms with van der Waals surface area (Å²) in [6.07, 6.45) is 3.94. The van der Waals surface area contributed by atoms with Crippen molar-refractivity contribution in [3.05, 3.63) is 124 Å². The van der Waals surface area contributed by atoms with Crippen LogP contribution in [0.3, 0.4) is 0 Å². The molecule has 0 bridgehead atoms. The predicted molar refractivity (Wildman–Crippen MR) is 168 cm³/mol. The van der Waals surface area contributed by atoms with Crippen molar-refractivity contribution in [1.82, 2.24) is 0 Å². The first kappa shape index (κ1) is 27.2. The zero-order valence-electron chi connectivity index (χ0n) is 23.4. The van der Waals surface area contributed by atoms with Crippen molar-refractivity contribution < 1.29 is 23.9 Å². The van der Waals surface area contributed by atoms with Gasteiger partial charge in [-0.2, -0.15) is 0 Å². The van der Waals surface area contributed by atoms with E-state index < -0.39 is 23.4 Å². The number of nitrogens with zero attached hydrogens (tertiary/aromatic N) is 1. The van der Waals surface area contributed by atoms with E-state index in [1.807, 2.05) is 65.6 Å². The van der Waals surface area contributed by atoms with Crippen LogP contribution in [0.1, 0.15) is 31.8 Å². The lowest BCUT2D eigenvalue weighted by molar-refractivity contribution is -0.121. The first-order valence-electron chi connectivity index (χ1n) is 13.9. The number of Topliss-reactive ketones (excluding diaryl/α,β-unsaturated/α-hetero) is 2. The Kier molecular flexibility index (Phi) is 6.47. The summed E-state index contributed by atoms with van der Waals surface area (Å²) in [5.74, 6) is -1.27. The second-order valence-corrected chi connectivity index (χ2v) is 11.8. The predicted octanol–water partition coefficient (Wildman–Crippen LogP) is 6.32. The number of fused-ring (bicyclic) bond motifs is 6. The number of carbonyl (C=O) groups is 3. The van der Waals surface area contributed by atoms with Gasteiger partial charge in [-0.05, 0) is 53.6 Å². The highest BCUT2D eigenvalue weighted by Gasteiger charge is 2.70. The molecule has 1 spiro atoms. The normalized spacial score (nSPS) is 22.9. The second kappa shape index (κ2) is 10.2. The Hall–Kier alpha value is -4.69. The number of amides is 1. The lowest BCUT2D eigenvalue weighted by Crippen LogP contribution is -2.51. The molecule has 4 aromatic carbocycles. The molecule has 43 heavy (non-hydrogen) atoms. The molecule has 1 fully saturated rings. The van der Waals surface area contributed by atoms with Gasteiger partial charge in [-0.1, -0.05) is 76.6 Å². The van der Waals surface area contributed by atoms with E-state index in [9.17, 15) is 9.59 Å². The summed E-state index contributed by atoms with van der Waals surface area (Å²) in [6.45, 7) is 0. The number of ketones is 2. The number of hydrogen-bond acceptors (Lipinski definition) is 6. The van der Waals surface area contributed by atoms with Crippen molar-refractivity contribution in [3.63, 3.8) is 0 Å². The molecule has 0 aromatic heterocycles. The van der Waals surface area contributed by atoms with Gasteiger partial charge in [0.1, 0.15) is 23.0 Å². The van der Waals surface area contributed by atoms with Crippen molar-refractivity contribution in [1.29, 1.82) is 0 Å². The van der Waals surface area contributed by atoms with Gasteiger partial charge in [-0.3, -0.25) is 14.4 Å². The maximum absolute atomic E-state index is 15.1. The van der Waals surface area contributed by atoms with Crippen LogP contribution in [0, 0.1) is 5.92 Å². The van der Waals surface area contributed by atoms with Crippen LogP contribution in [-0.4, -0.2) is 43.8 Å². The minimum atomic E-state index is -1.42. The van der Waals surface area contributed by atoms with Crippen LogP contribution in [0.2, 0.25) is 0 Å². The Balaban J connectivity index is 1.55. The zero-order valence-corrected chi connectivity index (χ0v) is 25.0. The third-order valence-corrected chi connectivity index (χ3v) is 9.42. The Morgan fingerprint density at radius 3 is 2.40 bits per heavy atom. The first-order chi connectivity index (χ1) is 20.9. The molecule has 1 amide bonds. The number of para-hydroxylation sites is 2. The van der Waals surface area contributed by atoms with Crippen molar-refractivity contribution in [3.8, 4) is 11.5 Å². The average Bonchev–Trinajstić information content (AvgIpc) is 3.52. The van der Waals surface area contributed by atoms with Gasteiger partial charge in [-0.15, -0.1) is 0 Å². The van der Waals surface area contributed by atoms with Gasteiger partial charge < -0.3 is 19.7 Å². The summed E-state index contributed by atoms with van der Waals surface area (Å²) in [6, 6.07) is 25.7. The third kappa shape index (κ3) is 3.89. The van der Waals surface area contributed by atoms with Gasteiger partial charge in [0, 0.05) is 21.4 Å². The fraction of sp³-hybridized carbons (Fsp3) is 0.171. The molecular formula is C35H27BrN2O5. The smallest absolute Gasteiger partial charge is 0.238 e. The summed E-state index contributed by atoms with van der Waals surface area (Å²) in [5.41, 5.74) is 2.28. The number of nitrogens with one attached hydrogen (secondary N) is 1. The summed E-state index contributed by atoms with van der Waals surface area (Å²) >= 11 is 3.46. The Morgan fingerprint density at radius 2 is 1.63 bits per heavy atom. The van der Waals surface area contributed by atoms with Crippen LogP contribution in [0.5, 0.6) is 11.5 Å². The van der Waals surface area contributed by atoms with E-state index in [4.69, 9.17) is 9.47 Å². The number of carbonyl (C=O) groups excluding carboxylic acids is 3. The molecule has 4 atom stereocenters. The van der Waals surface area contributed by atoms with E-state index in [0.717, 1.165) is 15.7 Å². The zero-order chi connectivity index (χ0) is 29.9. The Bertz CT molecular complexity index is 1830. The molecule has 3 aliphatic rings. The number of hydrogen-bond donors (Lipinski definition) is 1. The minimum absolute atomic E-state index is 0.245. The molecule has 8 heteroatoms. The molecule has 214 valence electrons. The largest absolute Gasteiger partial charge is 0.497 e. The molecule has 3 aliphatic heterocycles. The fourth-order valence-electron chi connectivity index (χ4n) is 7.08. The quantitative estimate of drug-likeness (QED) is 0.250. The maximum atomic E-state index is 15.1. The molecule has 7 rings (SSSR count). The molecule has 3 heterocycles. The average molecular weight is 636 g/mol. The number of benzene rings is 4. The summed E-state index contributed by atoms with van der Waals surface area (Å²) in [4.78, 5) is 46.4. The van der Waals surface area contributed by atoms with Gasteiger partial charge in [0.15, 0.2) is 11.6 Å². The van der Waals surface area contributed by atoms with E-state index in [1.165, 1.54) is 14.2 Å². The van der Waals surface area contributed by atoms with Gasteiger partial charge in [-0.25, -0.2) is 0 Å². The Morgan fingerprint density at radius 1 is 0.884 bits per heavy atom. The van der Waals surface area contributed by atoms with Crippen LogP contribution >= 0.6 is 15.9 Å². The van der Waals surface area contributed by atoms with Crippen molar-refractivity contribution in [2.24, 2.45) is 5.92 Å². The monoisotopic (exact) mass is 634 g/mol. The molecular weight excluding hydrogens is 608 g/mol. The molecule has 1 N–H and O–H groups in total. The van der Waals surface area contributed by atoms with Gasteiger partial charge in [0.2, 0.25) is 5.91 Å². The van der Waals surface area contributed by atoms with E-state index in [0.29, 0.717) is 28.3 Å². The minimum Gasteiger partial charge on any atom is -0.497 e. The number of anilines is 2. The van der Waals surface area contributed by atoms with Crippen LogP contribution in [-0.2, 0) is 10.2 Å². The molecule has 4 aromatic rings. The Labute approximate surface area is 257 Å². The van der Waals surface area contributed by atoms with Gasteiger partial charge in [0.25, 0.3) is 0 Å². The molecule has 0 unspecified atom stereocenters. The van der Waals surface area contributed by atoms with Crippen LogP contribution in [0.25, 0.3) is 6.08 Å². The number of rotatable bonds is 6.